The quantitative estimate of drug-likeness (QED) is 0.666. The highest BCUT2D eigenvalue weighted by Crippen LogP contribution is 2.20. The average Bonchev–Trinajstić information content (AvgIpc) is 2.85. The number of aromatic nitrogens is 2. The van der Waals surface area contributed by atoms with Gasteiger partial charge in [-0.1, -0.05) is 19.0 Å². The summed E-state index contributed by atoms with van der Waals surface area (Å²) in [7, 11) is 0. The average molecular weight is 276 g/mol. The van der Waals surface area contributed by atoms with E-state index in [1.807, 2.05) is 19.9 Å². The van der Waals surface area contributed by atoms with Crippen molar-refractivity contribution in [2.75, 3.05) is 5.32 Å². The first-order valence-corrected chi connectivity index (χ1v) is 6.27. The van der Waals surface area contributed by atoms with Crippen LogP contribution in [0.3, 0.4) is 0 Å². The third kappa shape index (κ3) is 3.11. The van der Waals surface area contributed by atoms with Crippen LogP contribution in [0.2, 0.25) is 0 Å². The largest absolute Gasteiger partial charge is 0.363 e. The Labute approximate surface area is 116 Å². The van der Waals surface area contributed by atoms with Gasteiger partial charge in [0, 0.05) is 11.6 Å². The van der Waals surface area contributed by atoms with Gasteiger partial charge in [-0.2, -0.15) is 0 Å². The zero-order chi connectivity index (χ0) is 14.7. The molecule has 7 nitrogen and oxygen atoms in total. The maximum absolute atomic E-state index is 10.7. The van der Waals surface area contributed by atoms with Gasteiger partial charge in [-0.15, -0.1) is 0 Å². The molecule has 2 heterocycles. The van der Waals surface area contributed by atoms with Gasteiger partial charge in [0.2, 0.25) is 0 Å². The topological polar surface area (TPSA) is 94.1 Å². The molecule has 1 N–H and O–H groups in total. The summed E-state index contributed by atoms with van der Waals surface area (Å²) in [6, 6.07) is 3.52. The molecule has 7 heteroatoms. The molecule has 0 fully saturated rings. The van der Waals surface area contributed by atoms with E-state index in [4.69, 9.17) is 4.52 Å². The van der Waals surface area contributed by atoms with E-state index in [-0.39, 0.29) is 5.69 Å². The molecule has 106 valence electrons. The van der Waals surface area contributed by atoms with Gasteiger partial charge in [-0.25, -0.2) is 4.98 Å². The Balaban J connectivity index is 2.03. The van der Waals surface area contributed by atoms with Crippen LogP contribution < -0.4 is 5.32 Å². The Kier molecular flexibility index (Phi) is 3.97. The highest BCUT2D eigenvalue weighted by molar-refractivity contribution is 5.46. The molecule has 0 aromatic carbocycles. The van der Waals surface area contributed by atoms with Crippen molar-refractivity contribution in [3.63, 3.8) is 0 Å². The van der Waals surface area contributed by atoms with Crippen LogP contribution in [0, 0.1) is 17.0 Å². The van der Waals surface area contributed by atoms with Crippen LogP contribution in [-0.4, -0.2) is 15.1 Å². The molecule has 0 spiro atoms. The molecule has 0 unspecified atom stereocenters. The van der Waals surface area contributed by atoms with E-state index in [0.29, 0.717) is 29.6 Å². The Morgan fingerprint density at radius 2 is 2.20 bits per heavy atom. The zero-order valence-electron chi connectivity index (χ0n) is 11.6. The number of rotatable bonds is 5. The summed E-state index contributed by atoms with van der Waals surface area (Å²) in [5, 5.41) is 17.7. The van der Waals surface area contributed by atoms with Crippen molar-refractivity contribution in [3.8, 4) is 0 Å². The monoisotopic (exact) mass is 276 g/mol. The number of nitrogens with one attached hydrogen (secondary N) is 1. The smallest absolute Gasteiger partial charge is 0.290 e. The minimum absolute atomic E-state index is 0.0114. The number of pyridine rings is 1. The van der Waals surface area contributed by atoms with E-state index < -0.39 is 4.92 Å². The number of nitrogens with zero attached hydrogens (tertiary/aromatic N) is 3. The fraction of sp³-hybridized carbons (Fsp3) is 0.385. The Morgan fingerprint density at radius 1 is 1.45 bits per heavy atom. The fourth-order valence-electron chi connectivity index (χ4n) is 1.70. The summed E-state index contributed by atoms with van der Waals surface area (Å²) in [4.78, 5) is 14.3. The van der Waals surface area contributed by atoms with Gasteiger partial charge in [0.25, 0.3) is 5.69 Å². The molecule has 20 heavy (non-hydrogen) atoms. The molecule has 2 aromatic rings. The number of anilines is 1. The van der Waals surface area contributed by atoms with Gasteiger partial charge in [0.05, 0.1) is 17.2 Å². The van der Waals surface area contributed by atoms with Crippen LogP contribution in [0.15, 0.2) is 22.9 Å². The molecule has 2 rings (SSSR count). The van der Waals surface area contributed by atoms with Gasteiger partial charge in [0.15, 0.2) is 5.76 Å². The lowest BCUT2D eigenvalue weighted by Crippen LogP contribution is -2.02. The number of hydrogen-bond donors (Lipinski definition) is 1. The maximum Gasteiger partial charge on any atom is 0.290 e. The van der Waals surface area contributed by atoms with Crippen molar-refractivity contribution < 1.29 is 9.45 Å². The molecule has 0 bridgehead atoms. The minimum atomic E-state index is -0.447. The van der Waals surface area contributed by atoms with Crippen LogP contribution in [0.5, 0.6) is 0 Å². The predicted octanol–water partition coefficient (Wildman–Crippen LogP) is 3.02. The van der Waals surface area contributed by atoms with Crippen molar-refractivity contribution in [2.24, 2.45) is 0 Å². The van der Waals surface area contributed by atoms with E-state index in [9.17, 15) is 10.1 Å². The van der Waals surface area contributed by atoms with E-state index in [1.165, 1.54) is 6.20 Å². The summed E-state index contributed by atoms with van der Waals surface area (Å²) in [6.07, 6.45) is 1.25. The van der Waals surface area contributed by atoms with E-state index in [0.717, 1.165) is 5.69 Å². The molecule has 0 saturated heterocycles. The minimum Gasteiger partial charge on any atom is -0.363 e. The maximum atomic E-state index is 10.7. The molecule has 0 amide bonds. The lowest BCUT2D eigenvalue weighted by Gasteiger charge is -2.04. The van der Waals surface area contributed by atoms with Crippen LogP contribution in [0.25, 0.3) is 0 Å². The molecule has 0 radical (unpaired) electrons. The fourth-order valence-corrected chi connectivity index (χ4v) is 1.70. The van der Waals surface area contributed by atoms with E-state index >= 15 is 0 Å². The molecule has 0 aliphatic carbocycles. The highest BCUT2D eigenvalue weighted by Gasteiger charge is 2.12. The molecular formula is C13H16N4O3. The van der Waals surface area contributed by atoms with Crippen molar-refractivity contribution in [1.29, 1.82) is 0 Å². The van der Waals surface area contributed by atoms with Crippen molar-refractivity contribution in [2.45, 2.75) is 33.2 Å². The number of aryl methyl sites for hydroxylation is 1. The first-order chi connectivity index (χ1) is 9.47. The van der Waals surface area contributed by atoms with Crippen LogP contribution in [0.4, 0.5) is 11.5 Å². The lowest BCUT2D eigenvalue weighted by atomic mass is 10.1. The second kappa shape index (κ2) is 5.68. The zero-order valence-corrected chi connectivity index (χ0v) is 11.6. The summed E-state index contributed by atoms with van der Waals surface area (Å²) in [6.45, 7) is 6.19. The first kappa shape index (κ1) is 14.0. The highest BCUT2D eigenvalue weighted by atomic mass is 16.6. The standard InChI is InChI=1S/C13H16N4O3/c1-8(2)11-5-10(20-16-11)6-14-13-4-9(3)12(7-15-13)17(18)19/h4-5,7-8H,6H2,1-3H3,(H,14,15). The second-order valence-electron chi connectivity index (χ2n) is 4.84. The van der Waals surface area contributed by atoms with Gasteiger partial charge in [-0.05, 0) is 18.9 Å². The van der Waals surface area contributed by atoms with Gasteiger partial charge >= 0.3 is 0 Å². The van der Waals surface area contributed by atoms with Crippen LogP contribution >= 0.6 is 0 Å². The molecule has 0 atom stereocenters. The van der Waals surface area contributed by atoms with E-state index in [1.54, 1.807) is 13.0 Å². The van der Waals surface area contributed by atoms with Crippen molar-refractivity contribution in [1.82, 2.24) is 10.1 Å². The summed E-state index contributed by atoms with van der Waals surface area (Å²) >= 11 is 0. The van der Waals surface area contributed by atoms with Gasteiger partial charge in [0.1, 0.15) is 12.0 Å². The molecule has 0 saturated carbocycles. The first-order valence-electron chi connectivity index (χ1n) is 6.27. The van der Waals surface area contributed by atoms with Crippen molar-refractivity contribution >= 4 is 11.5 Å². The molecule has 2 aromatic heterocycles. The van der Waals surface area contributed by atoms with Gasteiger partial charge in [-0.3, -0.25) is 10.1 Å². The molecular weight excluding hydrogens is 260 g/mol. The number of nitro groups is 1. The Morgan fingerprint density at radius 3 is 2.75 bits per heavy atom. The lowest BCUT2D eigenvalue weighted by molar-refractivity contribution is -0.385. The molecule has 0 aliphatic heterocycles. The Bertz CT molecular complexity index is 622. The summed E-state index contributed by atoms with van der Waals surface area (Å²) in [5.41, 5.74) is 1.47. The van der Waals surface area contributed by atoms with Crippen LogP contribution in [-0.2, 0) is 6.54 Å². The SMILES string of the molecule is Cc1cc(NCc2cc(C(C)C)no2)ncc1[N+](=O)[O-]. The third-order valence-electron chi connectivity index (χ3n) is 2.89. The predicted molar refractivity (Wildman–Crippen MR) is 73.5 cm³/mol. The van der Waals surface area contributed by atoms with Crippen LogP contribution in [0.1, 0.15) is 36.8 Å². The third-order valence-corrected chi connectivity index (χ3v) is 2.89. The normalized spacial score (nSPS) is 10.8. The van der Waals surface area contributed by atoms with E-state index in [2.05, 4.69) is 15.5 Å². The Hall–Kier alpha value is -2.44. The summed E-state index contributed by atoms with van der Waals surface area (Å²) < 4.78 is 5.19. The van der Waals surface area contributed by atoms with Crippen molar-refractivity contribution in [3.05, 3.63) is 45.5 Å². The number of hydrogen-bond acceptors (Lipinski definition) is 6. The summed E-state index contributed by atoms with van der Waals surface area (Å²) in [5.74, 6) is 1.58. The van der Waals surface area contributed by atoms with Gasteiger partial charge < -0.3 is 9.84 Å². The second-order valence-corrected chi connectivity index (χ2v) is 4.84. The molecule has 0 aliphatic rings.